The number of hydrogen-bond acceptors (Lipinski definition) is 3. The fourth-order valence-corrected chi connectivity index (χ4v) is 2.87. The third-order valence-electron chi connectivity index (χ3n) is 3.53. The highest BCUT2D eigenvalue weighted by Gasteiger charge is 2.38. The zero-order chi connectivity index (χ0) is 9.54. The van der Waals surface area contributed by atoms with Crippen molar-refractivity contribution in [2.45, 2.75) is 25.3 Å². The van der Waals surface area contributed by atoms with E-state index in [2.05, 4.69) is 16.0 Å². The molecule has 2 heterocycles. The molecule has 0 radical (unpaired) electrons. The van der Waals surface area contributed by atoms with Gasteiger partial charge in [-0.3, -0.25) is 0 Å². The van der Waals surface area contributed by atoms with Crippen LogP contribution in [0, 0.1) is 5.92 Å². The molecule has 0 spiro atoms. The molecule has 1 aromatic rings. The topological polar surface area (TPSA) is 42.1 Å². The molecule has 1 aliphatic heterocycles. The summed E-state index contributed by atoms with van der Waals surface area (Å²) < 4.78 is 0. The zero-order valence-corrected chi connectivity index (χ0v) is 8.19. The van der Waals surface area contributed by atoms with Crippen LogP contribution < -0.4 is 10.6 Å². The van der Waals surface area contributed by atoms with Gasteiger partial charge in [-0.05, 0) is 37.3 Å². The lowest BCUT2D eigenvalue weighted by molar-refractivity contribution is 0.553. The van der Waals surface area contributed by atoms with Crippen LogP contribution >= 0.6 is 0 Å². The monoisotopic (exact) mass is 189 g/mol. The molecule has 1 saturated carbocycles. The molecule has 3 nitrogen and oxygen atoms in total. The number of fused-ring (bicyclic) bond motifs is 2. The molecule has 2 aliphatic rings. The maximum Gasteiger partial charge on any atom is 0.146 e. The van der Waals surface area contributed by atoms with Crippen molar-refractivity contribution in [1.29, 1.82) is 0 Å². The van der Waals surface area contributed by atoms with Crippen LogP contribution in [-0.2, 0) is 0 Å². The third-order valence-corrected chi connectivity index (χ3v) is 3.53. The van der Waals surface area contributed by atoms with Crippen molar-refractivity contribution in [3.05, 3.63) is 18.3 Å². The van der Waals surface area contributed by atoms with E-state index in [9.17, 15) is 0 Å². The van der Waals surface area contributed by atoms with Crippen molar-refractivity contribution in [2.75, 3.05) is 17.2 Å². The summed E-state index contributed by atoms with van der Waals surface area (Å²) in [6.07, 6.45) is 5.85. The molecule has 1 aliphatic carbocycles. The van der Waals surface area contributed by atoms with E-state index in [4.69, 9.17) is 5.73 Å². The van der Waals surface area contributed by atoms with Gasteiger partial charge in [0.1, 0.15) is 5.82 Å². The van der Waals surface area contributed by atoms with Gasteiger partial charge in [0.2, 0.25) is 0 Å². The molecular weight excluding hydrogens is 174 g/mol. The van der Waals surface area contributed by atoms with Crippen molar-refractivity contribution < 1.29 is 0 Å². The van der Waals surface area contributed by atoms with Crippen LogP contribution in [-0.4, -0.2) is 17.6 Å². The van der Waals surface area contributed by atoms with Crippen molar-refractivity contribution in [3.63, 3.8) is 0 Å². The normalized spacial score (nSPS) is 29.9. The van der Waals surface area contributed by atoms with Crippen LogP contribution in [0.2, 0.25) is 0 Å². The SMILES string of the molecule is Nc1ncccc1N1CC2CCC1C2. The molecule has 0 amide bonds. The van der Waals surface area contributed by atoms with Gasteiger partial charge in [-0.15, -0.1) is 0 Å². The van der Waals surface area contributed by atoms with Crippen LogP contribution in [0.4, 0.5) is 11.5 Å². The average molecular weight is 189 g/mol. The second kappa shape index (κ2) is 2.87. The summed E-state index contributed by atoms with van der Waals surface area (Å²) in [7, 11) is 0. The first-order valence-electron chi connectivity index (χ1n) is 5.32. The van der Waals surface area contributed by atoms with Crippen molar-refractivity contribution >= 4 is 11.5 Å². The van der Waals surface area contributed by atoms with Gasteiger partial charge in [0.15, 0.2) is 0 Å². The van der Waals surface area contributed by atoms with Gasteiger partial charge < -0.3 is 10.6 Å². The average Bonchev–Trinajstić information content (AvgIpc) is 2.79. The molecule has 3 rings (SSSR count). The van der Waals surface area contributed by atoms with E-state index < -0.39 is 0 Å². The molecule has 1 aromatic heterocycles. The van der Waals surface area contributed by atoms with Crippen LogP contribution in [0.25, 0.3) is 0 Å². The second-order valence-electron chi connectivity index (χ2n) is 4.39. The molecule has 2 bridgehead atoms. The summed E-state index contributed by atoms with van der Waals surface area (Å²) >= 11 is 0. The summed E-state index contributed by atoms with van der Waals surface area (Å²) in [6.45, 7) is 1.18. The molecule has 14 heavy (non-hydrogen) atoms. The van der Waals surface area contributed by atoms with E-state index >= 15 is 0 Å². The molecule has 2 unspecified atom stereocenters. The van der Waals surface area contributed by atoms with Crippen LogP contribution in [0.15, 0.2) is 18.3 Å². The number of nitrogens with two attached hydrogens (primary N) is 1. The highest BCUT2D eigenvalue weighted by Crippen LogP contribution is 2.41. The Morgan fingerprint density at radius 3 is 3.00 bits per heavy atom. The number of nitrogens with zero attached hydrogens (tertiary/aromatic N) is 2. The van der Waals surface area contributed by atoms with Gasteiger partial charge in [0.05, 0.1) is 5.69 Å². The van der Waals surface area contributed by atoms with Gasteiger partial charge in [-0.25, -0.2) is 4.98 Å². The Balaban J connectivity index is 1.93. The molecule has 2 N–H and O–H groups in total. The van der Waals surface area contributed by atoms with Gasteiger partial charge in [0.25, 0.3) is 0 Å². The number of anilines is 2. The second-order valence-corrected chi connectivity index (χ2v) is 4.39. The Morgan fingerprint density at radius 1 is 1.43 bits per heavy atom. The Bertz CT molecular complexity index is 350. The van der Waals surface area contributed by atoms with Gasteiger partial charge >= 0.3 is 0 Å². The number of pyridine rings is 1. The third kappa shape index (κ3) is 1.08. The number of aromatic nitrogens is 1. The lowest BCUT2D eigenvalue weighted by Crippen LogP contribution is -2.32. The van der Waals surface area contributed by atoms with E-state index in [1.54, 1.807) is 6.20 Å². The zero-order valence-electron chi connectivity index (χ0n) is 8.19. The Labute approximate surface area is 83.9 Å². The molecule has 3 heteroatoms. The summed E-state index contributed by atoms with van der Waals surface area (Å²) in [4.78, 5) is 6.58. The minimum absolute atomic E-state index is 0.681. The lowest BCUT2D eigenvalue weighted by Gasteiger charge is -2.29. The van der Waals surface area contributed by atoms with Gasteiger partial charge in [0, 0.05) is 18.8 Å². The fraction of sp³-hybridized carbons (Fsp3) is 0.545. The van der Waals surface area contributed by atoms with E-state index in [0.717, 1.165) is 17.6 Å². The van der Waals surface area contributed by atoms with Crippen LogP contribution in [0.1, 0.15) is 19.3 Å². The molecule has 2 atom stereocenters. The minimum atomic E-state index is 0.681. The van der Waals surface area contributed by atoms with Crippen molar-refractivity contribution in [3.8, 4) is 0 Å². The van der Waals surface area contributed by atoms with Crippen molar-refractivity contribution in [2.24, 2.45) is 5.92 Å². The van der Waals surface area contributed by atoms with E-state index in [1.807, 2.05) is 6.07 Å². The summed E-state index contributed by atoms with van der Waals surface area (Å²) in [6, 6.07) is 4.78. The summed E-state index contributed by atoms with van der Waals surface area (Å²) in [5.41, 5.74) is 7.02. The number of piperidine rings is 1. The maximum absolute atomic E-state index is 5.88. The molecule has 74 valence electrons. The minimum Gasteiger partial charge on any atom is -0.382 e. The summed E-state index contributed by atoms with van der Waals surface area (Å²) in [5.74, 6) is 1.58. The lowest BCUT2D eigenvalue weighted by atomic mass is 10.1. The Morgan fingerprint density at radius 2 is 2.36 bits per heavy atom. The first-order valence-corrected chi connectivity index (χ1v) is 5.32. The molecule has 1 saturated heterocycles. The number of nitrogen functional groups attached to an aromatic ring is 1. The van der Waals surface area contributed by atoms with E-state index in [0.29, 0.717) is 5.82 Å². The Hall–Kier alpha value is -1.25. The molecular formula is C11H15N3. The predicted molar refractivity (Wildman–Crippen MR) is 57.1 cm³/mol. The molecule has 0 aromatic carbocycles. The van der Waals surface area contributed by atoms with Crippen LogP contribution in [0.3, 0.4) is 0 Å². The quantitative estimate of drug-likeness (QED) is 0.730. The van der Waals surface area contributed by atoms with Gasteiger partial charge in [-0.1, -0.05) is 0 Å². The number of rotatable bonds is 1. The largest absolute Gasteiger partial charge is 0.382 e. The standard InChI is InChI=1S/C11H15N3/c12-11-10(2-1-5-13-11)14-7-8-3-4-9(14)6-8/h1-2,5,8-9H,3-4,6-7H2,(H2,12,13). The Kier molecular flexibility index (Phi) is 1.66. The smallest absolute Gasteiger partial charge is 0.146 e. The highest BCUT2D eigenvalue weighted by molar-refractivity contribution is 5.64. The fourth-order valence-electron chi connectivity index (χ4n) is 2.87. The van der Waals surface area contributed by atoms with Crippen LogP contribution in [0.5, 0.6) is 0 Å². The first kappa shape index (κ1) is 8.09. The maximum atomic E-state index is 5.88. The molecule has 2 fully saturated rings. The van der Waals surface area contributed by atoms with E-state index in [-0.39, 0.29) is 0 Å². The first-order chi connectivity index (χ1) is 6.84. The number of hydrogen-bond donors (Lipinski definition) is 1. The predicted octanol–water partition coefficient (Wildman–Crippen LogP) is 1.65. The van der Waals surface area contributed by atoms with Crippen molar-refractivity contribution in [1.82, 2.24) is 4.98 Å². The highest BCUT2D eigenvalue weighted by atomic mass is 15.2. The van der Waals surface area contributed by atoms with Gasteiger partial charge in [-0.2, -0.15) is 0 Å². The van der Waals surface area contributed by atoms with E-state index in [1.165, 1.54) is 25.8 Å². The summed E-state index contributed by atoms with van der Waals surface area (Å²) in [5, 5.41) is 0.